The van der Waals surface area contributed by atoms with E-state index in [0.29, 0.717) is 10.3 Å². The summed E-state index contributed by atoms with van der Waals surface area (Å²) < 4.78 is 39.7. The molecule has 0 bridgehead atoms. The summed E-state index contributed by atoms with van der Waals surface area (Å²) in [6.45, 7) is 0. The zero-order valence-electron chi connectivity index (χ0n) is 8.97. The summed E-state index contributed by atoms with van der Waals surface area (Å²) in [5, 5.41) is 0. The minimum absolute atomic E-state index is 0.141. The predicted molar refractivity (Wildman–Crippen MR) is 69.1 cm³/mol. The summed E-state index contributed by atoms with van der Waals surface area (Å²) in [5.74, 6) is -0.608. The topological polar surface area (TPSA) is 59.1 Å². The number of nitrogens with zero attached hydrogens (tertiary/aromatic N) is 1. The number of pyridine rings is 1. The second-order valence-electron chi connectivity index (χ2n) is 3.40. The highest BCUT2D eigenvalue weighted by molar-refractivity contribution is 9.10. The van der Waals surface area contributed by atoms with Gasteiger partial charge in [0.2, 0.25) is 0 Å². The van der Waals surface area contributed by atoms with Crippen LogP contribution in [-0.4, -0.2) is 13.4 Å². The van der Waals surface area contributed by atoms with Gasteiger partial charge in [-0.25, -0.2) is 17.8 Å². The van der Waals surface area contributed by atoms with Crippen molar-refractivity contribution in [3.8, 4) is 0 Å². The number of aromatic nitrogens is 1. The van der Waals surface area contributed by atoms with Gasteiger partial charge in [0, 0.05) is 6.20 Å². The first-order valence-electron chi connectivity index (χ1n) is 4.88. The van der Waals surface area contributed by atoms with Gasteiger partial charge in [-0.2, -0.15) is 0 Å². The van der Waals surface area contributed by atoms with Crippen LogP contribution < -0.4 is 4.72 Å². The average Bonchev–Trinajstić information content (AvgIpc) is 2.32. The number of sulfonamides is 1. The van der Waals surface area contributed by atoms with E-state index in [2.05, 4.69) is 25.6 Å². The van der Waals surface area contributed by atoms with Crippen molar-refractivity contribution in [2.45, 2.75) is 4.90 Å². The normalized spacial score (nSPS) is 11.2. The Labute approximate surface area is 112 Å². The second-order valence-corrected chi connectivity index (χ2v) is 5.84. The number of hydrogen-bond acceptors (Lipinski definition) is 3. The van der Waals surface area contributed by atoms with Crippen molar-refractivity contribution in [1.29, 1.82) is 0 Å². The molecule has 2 rings (SSSR count). The Morgan fingerprint density at radius 3 is 2.67 bits per heavy atom. The third kappa shape index (κ3) is 2.85. The van der Waals surface area contributed by atoms with E-state index in [-0.39, 0.29) is 4.90 Å². The zero-order chi connectivity index (χ0) is 13.2. The van der Waals surface area contributed by atoms with Crippen LogP contribution in [0, 0.1) is 5.82 Å². The van der Waals surface area contributed by atoms with Gasteiger partial charge in [-0.15, -0.1) is 0 Å². The predicted octanol–water partition coefficient (Wildman–Crippen LogP) is 2.78. The van der Waals surface area contributed by atoms with Gasteiger partial charge in [-0.1, -0.05) is 6.07 Å². The quantitative estimate of drug-likeness (QED) is 0.880. The lowest BCUT2D eigenvalue weighted by Crippen LogP contribution is -2.13. The van der Waals surface area contributed by atoms with Gasteiger partial charge in [-0.05, 0) is 46.3 Å². The molecule has 18 heavy (non-hydrogen) atoms. The highest BCUT2D eigenvalue weighted by Crippen LogP contribution is 2.22. The van der Waals surface area contributed by atoms with Gasteiger partial charge in [0.05, 0.1) is 10.6 Å². The third-order valence-electron chi connectivity index (χ3n) is 2.11. The second kappa shape index (κ2) is 5.03. The lowest BCUT2D eigenvalue weighted by Gasteiger charge is -2.08. The Bertz CT molecular complexity index is 676. The highest BCUT2D eigenvalue weighted by atomic mass is 79.9. The van der Waals surface area contributed by atoms with Crippen LogP contribution in [0.5, 0.6) is 0 Å². The van der Waals surface area contributed by atoms with Gasteiger partial charge >= 0.3 is 0 Å². The Kier molecular flexibility index (Phi) is 3.63. The molecule has 1 heterocycles. The summed E-state index contributed by atoms with van der Waals surface area (Å²) >= 11 is 3.12. The SMILES string of the molecule is O=S(=O)(Nc1cccnc1Br)c1cccc(F)c1. The van der Waals surface area contributed by atoms with Crippen LogP contribution in [0.1, 0.15) is 0 Å². The van der Waals surface area contributed by atoms with Crippen LogP contribution in [0.2, 0.25) is 0 Å². The third-order valence-corrected chi connectivity index (χ3v) is 4.10. The minimum Gasteiger partial charge on any atom is -0.277 e. The summed E-state index contributed by atoms with van der Waals surface area (Å²) in [5.41, 5.74) is 0.293. The van der Waals surface area contributed by atoms with Crippen molar-refractivity contribution < 1.29 is 12.8 Å². The lowest BCUT2D eigenvalue weighted by molar-refractivity contribution is 0.595. The largest absolute Gasteiger partial charge is 0.277 e. The van der Waals surface area contributed by atoms with Crippen LogP contribution in [0.3, 0.4) is 0 Å². The van der Waals surface area contributed by atoms with Crippen LogP contribution in [0.25, 0.3) is 0 Å². The van der Waals surface area contributed by atoms with Crippen molar-refractivity contribution in [3.63, 3.8) is 0 Å². The molecular formula is C11H8BrFN2O2S. The van der Waals surface area contributed by atoms with E-state index in [0.717, 1.165) is 6.07 Å². The molecule has 94 valence electrons. The Morgan fingerprint density at radius 2 is 2.00 bits per heavy atom. The van der Waals surface area contributed by atoms with Crippen molar-refractivity contribution in [2.75, 3.05) is 4.72 Å². The van der Waals surface area contributed by atoms with Gasteiger partial charge in [-0.3, -0.25) is 4.72 Å². The molecule has 0 saturated carbocycles. The molecule has 0 aliphatic heterocycles. The smallest absolute Gasteiger partial charge is 0.262 e. The van der Waals surface area contributed by atoms with E-state index in [4.69, 9.17) is 0 Å². The summed E-state index contributed by atoms with van der Waals surface area (Å²) in [6.07, 6.45) is 1.52. The molecule has 0 fully saturated rings. The van der Waals surface area contributed by atoms with Gasteiger partial charge in [0.1, 0.15) is 10.4 Å². The van der Waals surface area contributed by atoms with E-state index in [9.17, 15) is 12.8 Å². The number of nitrogens with one attached hydrogen (secondary N) is 1. The van der Waals surface area contributed by atoms with Crippen LogP contribution in [0.15, 0.2) is 52.1 Å². The van der Waals surface area contributed by atoms with Gasteiger partial charge < -0.3 is 0 Å². The molecule has 2 aromatic rings. The molecule has 0 amide bonds. The van der Waals surface area contributed by atoms with E-state index < -0.39 is 15.8 Å². The maximum absolute atomic E-state index is 13.0. The molecule has 0 aliphatic rings. The zero-order valence-corrected chi connectivity index (χ0v) is 11.4. The lowest BCUT2D eigenvalue weighted by atomic mass is 10.4. The van der Waals surface area contributed by atoms with E-state index in [1.54, 1.807) is 12.1 Å². The van der Waals surface area contributed by atoms with Crippen LogP contribution in [-0.2, 0) is 10.0 Å². The van der Waals surface area contributed by atoms with Crippen LogP contribution in [0.4, 0.5) is 10.1 Å². The number of rotatable bonds is 3. The standard InChI is InChI=1S/C11H8BrFN2O2S/c12-11-10(5-2-6-14-11)15-18(16,17)9-4-1-3-8(13)7-9/h1-7,15H. The minimum atomic E-state index is -3.82. The summed E-state index contributed by atoms with van der Waals surface area (Å²) in [6, 6.07) is 7.92. The monoisotopic (exact) mass is 330 g/mol. The molecule has 0 aliphatic carbocycles. The Hall–Kier alpha value is -1.47. The number of hydrogen-bond donors (Lipinski definition) is 1. The molecule has 0 unspecified atom stereocenters. The fraction of sp³-hybridized carbons (Fsp3) is 0. The molecule has 4 nitrogen and oxygen atoms in total. The Balaban J connectivity index is 2.37. The molecule has 1 N–H and O–H groups in total. The first-order valence-corrected chi connectivity index (χ1v) is 7.15. The van der Waals surface area contributed by atoms with Gasteiger partial charge in [0.25, 0.3) is 10.0 Å². The number of benzene rings is 1. The summed E-state index contributed by atoms with van der Waals surface area (Å²) in [4.78, 5) is 3.75. The Morgan fingerprint density at radius 1 is 1.22 bits per heavy atom. The molecule has 1 aromatic carbocycles. The number of halogens is 2. The maximum Gasteiger partial charge on any atom is 0.262 e. The van der Waals surface area contributed by atoms with Crippen LogP contribution >= 0.6 is 15.9 Å². The summed E-state index contributed by atoms with van der Waals surface area (Å²) in [7, 11) is -3.82. The van der Waals surface area contributed by atoms with E-state index in [1.807, 2.05) is 0 Å². The average molecular weight is 331 g/mol. The van der Waals surface area contributed by atoms with Crippen molar-refractivity contribution in [2.24, 2.45) is 0 Å². The molecule has 1 aromatic heterocycles. The molecule has 0 spiro atoms. The first kappa shape index (κ1) is 13.0. The van der Waals surface area contributed by atoms with Crippen molar-refractivity contribution in [1.82, 2.24) is 4.98 Å². The molecule has 0 saturated heterocycles. The molecule has 7 heteroatoms. The molecule has 0 radical (unpaired) electrons. The van der Waals surface area contributed by atoms with E-state index in [1.165, 1.54) is 24.4 Å². The van der Waals surface area contributed by atoms with Crippen molar-refractivity contribution >= 4 is 31.6 Å². The fourth-order valence-corrected chi connectivity index (χ4v) is 2.88. The molecular weight excluding hydrogens is 323 g/mol. The fourth-order valence-electron chi connectivity index (χ4n) is 1.30. The van der Waals surface area contributed by atoms with Gasteiger partial charge in [0.15, 0.2) is 0 Å². The van der Waals surface area contributed by atoms with E-state index >= 15 is 0 Å². The highest BCUT2D eigenvalue weighted by Gasteiger charge is 2.16. The first-order chi connectivity index (χ1) is 8.49. The van der Waals surface area contributed by atoms with Crippen molar-refractivity contribution in [3.05, 3.63) is 53.0 Å². The molecule has 0 atom stereocenters. The maximum atomic E-state index is 13.0. The number of anilines is 1.